The van der Waals surface area contributed by atoms with Crippen LogP contribution in [0, 0.1) is 0 Å². The molecule has 5 nitrogen and oxygen atoms in total. The van der Waals surface area contributed by atoms with Gasteiger partial charge in [0.15, 0.2) is 13.4 Å². The van der Waals surface area contributed by atoms with Crippen molar-refractivity contribution in [2.24, 2.45) is 0 Å². The molecule has 0 aromatic heterocycles. The van der Waals surface area contributed by atoms with E-state index < -0.39 is 8.32 Å². The molecule has 1 amide bonds. The van der Waals surface area contributed by atoms with Gasteiger partial charge in [0.25, 0.3) is 0 Å². The summed E-state index contributed by atoms with van der Waals surface area (Å²) in [6.07, 6.45) is 0.415. The molecule has 1 aromatic rings. The molecular weight excluding hydrogens is 390 g/mol. The molecule has 0 unspecified atom stereocenters. The second kappa shape index (κ2) is 9.46. The topological polar surface area (TPSA) is 55.8 Å². The molecule has 0 aliphatic carbocycles. The molecule has 7 heteroatoms. The molecule has 1 fully saturated rings. The molecule has 0 spiro atoms. The van der Waals surface area contributed by atoms with Crippen molar-refractivity contribution >= 4 is 31.3 Å². The third-order valence-corrected chi connectivity index (χ3v) is 11.1. The summed E-state index contributed by atoms with van der Waals surface area (Å²) >= 11 is 1.31. The fourth-order valence-corrected chi connectivity index (χ4v) is 4.96. The number of rotatable bonds is 6. The summed E-state index contributed by atoms with van der Waals surface area (Å²) in [6, 6.07) is 9.59. The number of ether oxygens (including phenoxy) is 1. The first kappa shape index (κ1) is 23.0. The number of nitrogens with zero attached hydrogens (tertiary/aromatic N) is 1. The van der Waals surface area contributed by atoms with Crippen LogP contribution in [-0.4, -0.2) is 48.9 Å². The van der Waals surface area contributed by atoms with Gasteiger partial charge < -0.3 is 14.1 Å². The van der Waals surface area contributed by atoms with Gasteiger partial charge in [0.1, 0.15) is 6.61 Å². The van der Waals surface area contributed by atoms with Crippen LogP contribution in [0.1, 0.15) is 39.7 Å². The van der Waals surface area contributed by atoms with Crippen LogP contribution in [0.2, 0.25) is 18.1 Å². The van der Waals surface area contributed by atoms with Gasteiger partial charge in [-0.15, -0.1) is 0 Å². The lowest BCUT2D eigenvalue weighted by Crippen LogP contribution is -2.46. The zero-order chi connectivity index (χ0) is 20.9. The summed E-state index contributed by atoms with van der Waals surface area (Å²) in [6.45, 7) is 13.9. The SMILES string of the molecule is CC(=O)S[C@H]1C[C@@H](CO[Si](C)(C)C(C)(C)C)N(C(=O)OCc2ccccc2)C1. The Labute approximate surface area is 174 Å². The number of amides is 1. The van der Waals surface area contributed by atoms with Crippen molar-refractivity contribution < 1.29 is 18.8 Å². The standard InChI is InChI=1S/C21H33NO4SSi/c1-16(23)27-19-12-18(15-26-28(5,6)21(2,3)4)22(13-19)20(24)25-14-17-10-8-7-9-11-17/h7-11,18-19H,12-15H2,1-6H3/t18-,19-/m0/s1. The van der Waals surface area contributed by atoms with Gasteiger partial charge in [0, 0.05) is 18.7 Å². The Morgan fingerprint density at radius 1 is 1.21 bits per heavy atom. The minimum absolute atomic E-state index is 0.0609. The van der Waals surface area contributed by atoms with Gasteiger partial charge in [0.2, 0.25) is 0 Å². The highest BCUT2D eigenvalue weighted by atomic mass is 32.2. The van der Waals surface area contributed by atoms with Gasteiger partial charge in [-0.3, -0.25) is 4.79 Å². The maximum atomic E-state index is 12.7. The van der Waals surface area contributed by atoms with Crippen LogP contribution in [0.3, 0.4) is 0 Å². The molecule has 28 heavy (non-hydrogen) atoms. The third kappa shape index (κ3) is 6.35. The first-order valence-electron chi connectivity index (χ1n) is 9.78. The van der Waals surface area contributed by atoms with Crippen molar-refractivity contribution in [3.05, 3.63) is 35.9 Å². The van der Waals surface area contributed by atoms with Crippen LogP contribution in [0.15, 0.2) is 30.3 Å². The Morgan fingerprint density at radius 3 is 2.43 bits per heavy atom. The predicted octanol–water partition coefficient (Wildman–Crippen LogP) is 5.07. The first-order valence-corrected chi connectivity index (χ1v) is 13.6. The van der Waals surface area contributed by atoms with Gasteiger partial charge in [0.05, 0.1) is 12.6 Å². The Morgan fingerprint density at radius 2 is 1.86 bits per heavy atom. The zero-order valence-electron chi connectivity index (χ0n) is 17.9. The molecule has 0 saturated carbocycles. The van der Waals surface area contributed by atoms with Crippen molar-refractivity contribution in [3.63, 3.8) is 0 Å². The molecule has 0 radical (unpaired) electrons. The van der Waals surface area contributed by atoms with E-state index in [4.69, 9.17) is 9.16 Å². The smallest absolute Gasteiger partial charge is 0.410 e. The van der Waals surface area contributed by atoms with Crippen LogP contribution in [0.4, 0.5) is 4.79 Å². The molecule has 1 aliphatic heterocycles. The quantitative estimate of drug-likeness (QED) is 0.598. The zero-order valence-corrected chi connectivity index (χ0v) is 19.7. The van der Waals surface area contributed by atoms with E-state index in [-0.39, 0.29) is 34.1 Å². The Bertz CT molecular complexity index is 675. The lowest BCUT2D eigenvalue weighted by atomic mass is 10.2. The number of hydrogen-bond donors (Lipinski definition) is 0. The molecule has 0 N–H and O–H groups in total. The van der Waals surface area contributed by atoms with Crippen LogP contribution in [0.5, 0.6) is 0 Å². The van der Waals surface area contributed by atoms with Gasteiger partial charge in [-0.1, -0.05) is 62.9 Å². The molecule has 156 valence electrons. The fraction of sp³-hybridized carbons (Fsp3) is 0.619. The maximum absolute atomic E-state index is 12.7. The van der Waals surface area contributed by atoms with Crippen LogP contribution in [-0.2, 0) is 20.6 Å². The molecule has 1 aromatic carbocycles. The van der Waals surface area contributed by atoms with E-state index in [1.165, 1.54) is 11.8 Å². The molecule has 2 rings (SSSR count). The second-order valence-corrected chi connectivity index (χ2v) is 15.2. The summed E-state index contributed by atoms with van der Waals surface area (Å²) in [5, 5.41) is 0.279. The Hall–Kier alpha value is -1.31. The molecule has 1 saturated heterocycles. The molecule has 0 bridgehead atoms. The lowest BCUT2D eigenvalue weighted by molar-refractivity contribution is -0.109. The van der Waals surface area contributed by atoms with E-state index in [0.717, 1.165) is 12.0 Å². The van der Waals surface area contributed by atoms with Crippen molar-refractivity contribution in [3.8, 4) is 0 Å². The number of likely N-dealkylation sites (tertiary alicyclic amines) is 1. The van der Waals surface area contributed by atoms with E-state index in [9.17, 15) is 9.59 Å². The largest absolute Gasteiger partial charge is 0.445 e. The molecule has 1 aliphatic rings. The lowest BCUT2D eigenvalue weighted by Gasteiger charge is -2.37. The van der Waals surface area contributed by atoms with E-state index in [1.807, 2.05) is 30.3 Å². The number of hydrogen-bond acceptors (Lipinski definition) is 5. The highest BCUT2D eigenvalue weighted by Gasteiger charge is 2.41. The Balaban J connectivity index is 2.02. The number of benzene rings is 1. The second-order valence-electron chi connectivity index (χ2n) is 8.88. The van der Waals surface area contributed by atoms with Gasteiger partial charge in [-0.2, -0.15) is 0 Å². The molecule has 2 atom stereocenters. The number of thioether (sulfide) groups is 1. The summed E-state index contributed by atoms with van der Waals surface area (Å²) < 4.78 is 11.9. The van der Waals surface area contributed by atoms with E-state index in [0.29, 0.717) is 13.2 Å². The molecular formula is C21H33NO4SSi. The van der Waals surface area contributed by atoms with Crippen molar-refractivity contribution in [1.29, 1.82) is 0 Å². The van der Waals surface area contributed by atoms with E-state index >= 15 is 0 Å². The highest BCUT2D eigenvalue weighted by Crippen LogP contribution is 2.37. The minimum atomic E-state index is -1.91. The summed E-state index contributed by atoms with van der Waals surface area (Å²) in [5.41, 5.74) is 0.957. The van der Waals surface area contributed by atoms with Crippen molar-refractivity contribution in [1.82, 2.24) is 4.90 Å². The normalized spacial score (nSPS) is 20.3. The third-order valence-electron chi connectivity index (χ3n) is 5.59. The summed E-state index contributed by atoms with van der Waals surface area (Å²) in [4.78, 5) is 26.0. The monoisotopic (exact) mass is 423 g/mol. The highest BCUT2D eigenvalue weighted by molar-refractivity contribution is 8.14. The van der Waals surface area contributed by atoms with Gasteiger partial charge in [-0.05, 0) is 30.1 Å². The molecule has 1 heterocycles. The van der Waals surface area contributed by atoms with Gasteiger partial charge >= 0.3 is 6.09 Å². The predicted molar refractivity (Wildman–Crippen MR) is 117 cm³/mol. The number of carbonyl (C=O) groups excluding carboxylic acids is 2. The van der Waals surface area contributed by atoms with Crippen LogP contribution in [0.25, 0.3) is 0 Å². The Kier molecular flexibility index (Phi) is 7.76. The van der Waals surface area contributed by atoms with Crippen LogP contribution < -0.4 is 0 Å². The first-order chi connectivity index (χ1) is 13.0. The minimum Gasteiger partial charge on any atom is -0.445 e. The van der Waals surface area contributed by atoms with Crippen molar-refractivity contribution in [2.75, 3.05) is 13.2 Å². The average molecular weight is 424 g/mol. The average Bonchev–Trinajstić information content (AvgIpc) is 3.00. The maximum Gasteiger partial charge on any atom is 0.410 e. The summed E-state index contributed by atoms with van der Waals surface area (Å²) in [5.74, 6) is 0. The van der Waals surface area contributed by atoms with Gasteiger partial charge in [-0.25, -0.2) is 4.79 Å². The fourth-order valence-electron chi connectivity index (χ4n) is 2.90. The number of carbonyl (C=O) groups is 2. The van der Waals surface area contributed by atoms with E-state index in [1.54, 1.807) is 11.8 Å². The van der Waals surface area contributed by atoms with Crippen molar-refractivity contribution in [2.45, 2.75) is 70.1 Å². The van der Waals surface area contributed by atoms with Crippen LogP contribution >= 0.6 is 11.8 Å². The summed E-state index contributed by atoms with van der Waals surface area (Å²) in [7, 11) is -1.91. The van der Waals surface area contributed by atoms with E-state index in [2.05, 4.69) is 33.9 Å².